The lowest BCUT2D eigenvalue weighted by Crippen LogP contribution is -2.39. The zero-order chi connectivity index (χ0) is 19.3. The van der Waals surface area contributed by atoms with E-state index in [4.69, 9.17) is 4.74 Å². The summed E-state index contributed by atoms with van der Waals surface area (Å²) >= 11 is 1.48. The SMILES string of the molecule is COc1ccccc1-c1nc(C(=O)NC2CCN(C3CCCCCC3)C2)cs1. The topological polar surface area (TPSA) is 54.5 Å². The van der Waals surface area contributed by atoms with Crippen LogP contribution in [0.2, 0.25) is 0 Å². The van der Waals surface area contributed by atoms with Gasteiger partial charge < -0.3 is 10.1 Å². The van der Waals surface area contributed by atoms with Crippen molar-refractivity contribution in [2.24, 2.45) is 0 Å². The van der Waals surface area contributed by atoms with Crippen LogP contribution in [-0.2, 0) is 0 Å². The van der Waals surface area contributed by atoms with Gasteiger partial charge in [0.1, 0.15) is 16.5 Å². The first-order valence-corrected chi connectivity index (χ1v) is 11.3. The molecule has 2 aliphatic rings. The molecule has 2 aromatic rings. The molecule has 28 heavy (non-hydrogen) atoms. The molecule has 1 aliphatic carbocycles. The maximum absolute atomic E-state index is 12.7. The van der Waals surface area contributed by atoms with Crippen LogP contribution in [0, 0.1) is 0 Å². The lowest BCUT2D eigenvalue weighted by molar-refractivity contribution is 0.0931. The quantitative estimate of drug-likeness (QED) is 0.760. The zero-order valence-electron chi connectivity index (χ0n) is 16.5. The monoisotopic (exact) mass is 399 g/mol. The van der Waals surface area contributed by atoms with Crippen molar-refractivity contribution < 1.29 is 9.53 Å². The highest BCUT2D eigenvalue weighted by atomic mass is 32.1. The first-order chi connectivity index (χ1) is 13.7. The van der Waals surface area contributed by atoms with Crippen LogP contribution in [0.5, 0.6) is 5.75 Å². The van der Waals surface area contributed by atoms with Crippen LogP contribution in [-0.4, -0.2) is 48.1 Å². The molecule has 5 nitrogen and oxygen atoms in total. The number of hydrogen-bond acceptors (Lipinski definition) is 5. The smallest absolute Gasteiger partial charge is 0.271 e. The predicted molar refractivity (Wildman–Crippen MR) is 113 cm³/mol. The van der Waals surface area contributed by atoms with E-state index in [-0.39, 0.29) is 11.9 Å². The fraction of sp³-hybridized carbons (Fsp3) is 0.545. The Hall–Kier alpha value is -1.92. The third-order valence-corrected chi connectivity index (χ3v) is 6.85. The Kier molecular flexibility index (Phi) is 6.27. The van der Waals surface area contributed by atoms with Gasteiger partial charge >= 0.3 is 0 Å². The average molecular weight is 400 g/mol. The number of para-hydroxylation sites is 1. The molecule has 150 valence electrons. The summed E-state index contributed by atoms with van der Waals surface area (Å²) in [7, 11) is 1.65. The van der Waals surface area contributed by atoms with Gasteiger partial charge in [0.2, 0.25) is 0 Å². The molecule has 0 bridgehead atoms. The molecule has 1 aliphatic heterocycles. The summed E-state index contributed by atoms with van der Waals surface area (Å²) in [4.78, 5) is 19.9. The minimum Gasteiger partial charge on any atom is -0.496 e. The molecule has 1 N–H and O–H groups in total. The molecule has 4 rings (SSSR count). The normalized spacial score (nSPS) is 21.4. The van der Waals surface area contributed by atoms with Crippen LogP contribution in [0.1, 0.15) is 55.4 Å². The highest BCUT2D eigenvalue weighted by Gasteiger charge is 2.30. The number of carbonyl (C=O) groups excluding carboxylic acids is 1. The lowest BCUT2D eigenvalue weighted by atomic mass is 10.1. The van der Waals surface area contributed by atoms with Crippen LogP contribution in [0.15, 0.2) is 29.6 Å². The van der Waals surface area contributed by atoms with Gasteiger partial charge in [-0.3, -0.25) is 9.69 Å². The lowest BCUT2D eigenvalue weighted by Gasteiger charge is -2.26. The molecule has 2 fully saturated rings. The molecule has 1 saturated carbocycles. The van der Waals surface area contributed by atoms with Gasteiger partial charge in [0, 0.05) is 30.6 Å². The third kappa shape index (κ3) is 4.39. The molecular formula is C22H29N3O2S. The van der Waals surface area contributed by atoms with E-state index in [1.807, 2.05) is 29.6 Å². The highest BCUT2D eigenvalue weighted by Crippen LogP contribution is 2.32. The molecule has 0 radical (unpaired) electrons. The van der Waals surface area contributed by atoms with Crippen LogP contribution in [0.3, 0.4) is 0 Å². The van der Waals surface area contributed by atoms with Crippen molar-refractivity contribution in [3.63, 3.8) is 0 Å². The number of amides is 1. The summed E-state index contributed by atoms with van der Waals surface area (Å²) in [5.74, 6) is 0.712. The number of methoxy groups -OCH3 is 1. The van der Waals surface area contributed by atoms with E-state index in [0.717, 1.165) is 35.8 Å². The molecule has 6 heteroatoms. The largest absolute Gasteiger partial charge is 0.496 e. The van der Waals surface area contributed by atoms with Gasteiger partial charge in [-0.25, -0.2) is 4.98 Å². The third-order valence-electron chi connectivity index (χ3n) is 5.97. The molecule has 0 spiro atoms. The summed E-state index contributed by atoms with van der Waals surface area (Å²) in [6.07, 6.45) is 9.12. The Morgan fingerprint density at radius 1 is 1.18 bits per heavy atom. The second-order valence-electron chi connectivity index (χ2n) is 7.84. The summed E-state index contributed by atoms with van der Waals surface area (Å²) in [6, 6.07) is 8.72. The molecule has 1 aromatic heterocycles. The number of hydrogen-bond donors (Lipinski definition) is 1. The Labute approximate surface area is 171 Å². The van der Waals surface area contributed by atoms with Gasteiger partial charge in [0.05, 0.1) is 12.7 Å². The summed E-state index contributed by atoms with van der Waals surface area (Å²) in [6.45, 7) is 2.07. The number of benzene rings is 1. The zero-order valence-corrected chi connectivity index (χ0v) is 17.3. The van der Waals surface area contributed by atoms with Crippen LogP contribution in [0.25, 0.3) is 10.6 Å². The van der Waals surface area contributed by atoms with Crippen LogP contribution < -0.4 is 10.1 Å². The Bertz CT molecular complexity index is 799. The average Bonchev–Trinajstić information content (AvgIpc) is 3.31. The number of thiazole rings is 1. The van der Waals surface area contributed by atoms with Gasteiger partial charge in [0.25, 0.3) is 5.91 Å². The van der Waals surface area contributed by atoms with E-state index in [1.54, 1.807) is 7.11 Å². The molecule has 1 atom stereocenters. The maximum atomic E-state index is 12.7. The number of rotatable bonds is 5. The predicted octanol–water partition coefficient (Wildman–Crippen LogP) is 4.35. The molecule has 1 saturated heterocycles. The number of aromatic nitrogens is 1. The number of likely N-dealkylation sites (tertiary alicyclic amines) is 1. The first-order valence-electron chi connectivity index (χ1n) is 10.4. The van der Waals surface area contributed by atoms with Crippen molar-refractivity contribution in [3.05, 3.63) is 35.3 Å². The van der Waals surface area contributed by atoms with Gasteiger partial charge in [-0.2, -0.15) is 0 Å². The van der Waals surface area contributed by atoms with E-state index in [1.165, 1.54) is 49.9 Å². The van der Waals surface area contributed by atoms with E-state index in [0.29, 0.717) is 11.7 Å². The molecule has 1 amide bonds. The van der Waals surface area contributed by atoms with Gasteiger partial charge in [0.15, 0.2) is 0 Å². The van der Waals surface area contributed by atoms with Gasteiger partial charge in [-0.1, -0.05) is 37.8 Å². The van der Waals surface area contributed by atoms with E-state index in [9.17, 15) is 4.79 Å². The number of nitrogens with zero attached hydrogens (tertiary/aromatic N) is 2. The number of ether oxygens (including phenoxy) is 1. The van der Waals surface area contributed by atoms with Crippen molar-refractivity contribution in [1.82, 2.24) is 15.2 Å². The van der Waals surface area contributed by atoms with Crippen molar-refractivity contribution in [2.75, 3.05) is 20.2 Å². The van der Waals surface area contributed by atoms with Crippen molar-refractivity contribution in [1.29, 1.82) is 0 Å². The molecule has 2 heterocycles. The fourth-order valence-electron chi connectivity index (χ4n) is 4.44. The molecule has 1 aromatic carbocycles. The van der Waals surface area contributed by atoms with Crippen LogP contribution in [0.4, 0.5) is 0 Å². The molecule has 1 unspecified atom stereocenters. The second-order valence-corrected chi connectivity index (χ2v) is 8.70. The van der Waals surface area contributed by atoms with Crippen molar-refractivity contribution >= 4 is 17.2 Å². The molecular weight excluding hydrogens is 370 g/mol. The highest BCUT2D eigenvalue weighted by molar-refractivity contribution is 7.13. The van der Waals surface area contributed by atoms with E-state index < -0.39 is 0 Å². The minimum absolute atomic E-state index is 0.0647. The Morgan fingerprint density at radius 2 is 1.96 bits per heavy atom. The standard InChI is InChI=1S/C22H29N3O2S/c1-27-20-11-7-6-10-18(20)22-24-19(15-28-22)21(26)23-16-12-13-25(14-16)17-8-4-2-3-5-9-17/h6-7,10-11,15-17H,2-5,8-9,12-14H2,1H3,(H,23,26). The number of carbonyl (C=O) groups is 1. The first kappa shape index (κ1) is 19.4. The fourth-order valence-corrected chi connectivity index (χ4v) is 5.27. The summed E-state index contributed by atoms with van der Waals surface area (Å²) in [5, 5.41) is 5.86. The summed E-state index contributed by atoms with van der Waals surface area (Å²) in [5.41, 5.74) is 1.42. The second kappa shape index (κ2) is 9.05. The summed E-state index contributed by atoms with van der Waals surface area (Å²) < 4.78 is 5.42. The van der Waals surface area contributed by atoms with Crippen molar-refractivity contribution in [3.8, 4) is 16.3 Å². The van der Waals surface area contributed by atoms with Gasteiger partial charge in [-0.15, -0.1) is 11.3 Å². The Balaban J connectivity index is 1.36. The van der Waals surface area contributed by atoms with Crippen LogP contribution >= 0.6 is 11.3 Å². The number of nitrogens with one attached hydrogen (secondary N) is 1. The van der Waals surface area contributed by atoms with E-state index >= 15 is 0 Å². The Morgan fingerprint density at radius 3 is 2.75 bits per heavy atom. The van der Waals surface area contributed by atoms with E-state index in [2.05, 4.69) is 15.2 Å². The minimum atomic E-state index is -0.0647. The maximum Gasteiger partial charge on any atom is 0.271 e. The van der Waals surface area contributed by atoms with Crippen molar-refractivity contribution in [2.45, 2.75) is 57.0 Å². The van der Waals surface area contributed by atoms with Gasteiger partial charge in [-0.05, 0) is 31.4 Å².